The molecule has 2 saturated heterocycles. The van der Waals surface area contributed by atoms with E-state index in [9.17, 15) is 35.9 Å². The topological polar surface area (TPSA) is 90.0 Å². The molecule has 2 amide bonds. The van der Waals surface area contributed by atoms with Crippen LogP contribution in [-0.2, 0) is 9.59 Å². The fourth-order valence-corrected chi connectivity index (χ4v) is 3.13. The third-order valence-electron chi connectivity index (χ3n) is 4.60. The molecular formula is C18H19F6N3O4. The Hall–Kier alpha value is -2.83. The summed E-state index contributed by atoms with van der Waals surface area (Å²) in [6.07, 6.45) is -8.37. The fraction of sp³-hybridized carbons (Fsp3) is 0.500. The number of anilines is 1. The summed E-state index contributed by atoms with van der Waals surface area (Å²) in [5.41, 5.74) is 0.727. The molecule has 1 aromatic rings. The van der Waals surface area contributed by atoms with Crippen LogP contribution in [0.5, 0.6) is 0 Å². The molecule has 0 aromatic heterocycles. The van der Waals surface area contributed by atoms with Gasteiger partial charge in [-0.25, -0.2) is 4.79 Å². The smallest absolute Gasteiger partial charge is 0.475 e. The van der Waals surface area contributed by atoms with E-state index in [1.165, 1.54) is 12.1 Å². The average Bonchev–Trinajstić information content (AvgIpc) is 3.12. The van der Waals surface area contributed by atoms with Gasteiger partial charge >= 0.3 is 18.3 Å². The van der Waals surface area contributed by atoms with Crippen LogP contribution in [0.2, 0.25) is 0 Å². The van der Waals surface area contributed by atoms with Gasteiger partial charge in [-0.2, -0.15) is 26.3 Å². The van der Waals surface area contributed by atoms with Crippen LogP contribution >= 0.6 is 0 Å². The third-order valence-corrected chi connectivity index (χ3v) is 4.60. The number of benzene rings is 1. The quantitative estimate of drug-likeness (QED) is 0.669. The number of alkyl halides is 6. The third kappa shape index (κ3) is 6.32. The van der Waals surface area contributed by atoms with Crippen molar-refractivity contribution in [2.24, 2.45) is 0 Å². The Morgan fingerprint density at radius 1 is 1.10 bits per heavy atom. The Kier molecular flexibility index (Phi) is 7.52. The Bertz CT molecular complexity index is 827. The first-order valence-corrected chi connectivity index (χ1v) is 9.11. The van der Waals surface area contributed by atoms with Crippen LogP contribution in [-0.4, -0.2) is 72.4 Å². The van der Waals surface area contributed by atoms with Crippen molar-refractivity contribution in [1.29, 1.82) is 0 Å². The number of halogens is 6. The van der Waals surface area contributed by atoms with E-state index < -0.39 is 30.3 Å². The molecule has 31 heavy (non-hydrogen) atoms. The number of piperazine rings is 1. The molecule has 172 valence electrons. The molecule has 2 aliphatic rings. The number of carbonyl (C=O) groups is 3. The highest BCUT2D eigenvalue weighted by molar-refractivity contribution is 5.99. The lowest BCUT2D eigenvalue weighted by Gasteiger charge is -2.37. The molecule has 1 atom stereocenters. The molecule has 2 aliphatic heterocycles. The average molecular weight is 455 g/mol. The second kappa shape index (κ2) is 9.54. The zero-order chi connectivity index (χ0) is 23.4. The largest absolute Gasteiger partial charge is 0.490 e. The Labute approximate surface area is 172 Å². The van der Waals surface area contributed by atoms with Gasteiger partial charge in [0.25, 0.3) is 5.91 Å². The highest BCUT2D eigenvalue weighted by Gasteiger charge is 2.46. The highest BCUT2D eigenvalue weighted by Crippen LogP contribution is 2.28. The second-order valence-electron chi connectivity index (χ2n) is 6.76. The van der Waals surface area contributed by atoms with Gasteiger partial charge in [-0.1, -0.05) is 6.07 Å². The Morgan fingerprint density at radius 2 is 1.74 bits per heavy atom. The van der Waals surface area contributed by atoms with E-state index in [1.807, 2.05) is 0 Å². The van der Waals surface area contributed by atoms with Gasteiger partial charge in [0.05, 0.1) is 0 Å². The molecule has 1 unspecified atom stereocenters. The molecule has 0 saturated carbocycles. The Morgan fingerprint density at radius 3 is 2.26 bits per heavy atom. The van der Waals surface area contributed by atoms with Gasteiger partial charge in [0.15, 0.2) is 0 Å². The minimum atomic E-state index is -5.08. The number of amides is 2. The monoisotopic (exact) mass is 455 g/mol. The zero-order valence-corrected chi connectivity index (χ0v) is 16.0. The van der Waals surface area contributed by atoms with Crippen molar-refractivity contribution < 1.29 is 45.8 Å². The predicted molar refractivity (Wildman–Crippen MR) is 95.5 cm³/mol. The van der Waals surface area contributed by atoms with Crippen molar-refractivity contribution in [2.75, 3.05) is 31.1 Å². The van der Waals surface area contributed by atoms with Crippen molar-refractivity contribution >= 4 is 23.5 Å². The minimum absolute atomic E-state index is 0.00408. The molecule has 0 radical (unpaired) electrons. The molecule has 0 bridgehead atoms. The number of aliphatic carboxylic acids is 1. The summed E-state index contributed by atoms with van der Waals surface area (Å²) in [4.78, 5) is 35.7. The van der Waals surface area contributed by atoms with Crippen LogP contribution in [0.3, 0.4) is 0 Å². The maximum Gasteiger partial charge on any atom is 0.490 e. The Balaban J connectivity index is 0.000000423. The van der Waals surface area contributed by atoms with Crippen molar-refractivity contribution in [1.82, 2.24) is 10.2 Å². The van der Waals surface area contributed by atoms with Gasteiger partial charge in [0.1, 0.15) is 6.04 Å². The van der Waals surface area contributed by atoms with E-state index in [2.05, 4.69) is 5.32 Å². The first kappa shape index (κ1) is 24.4. The van der Waals surface area contributed by atoms with Crippen LogP contribution in [0.15, 0.2) is 24.3 Å². The summed E-state index contributed by atoms with van der Waals surface area (Å²) in [6.45, 7) is 0.577. The maximum atomic E-state index is 13.2. The number of nitrogens with zero attached hydrogens (tertiary/aromatic N) is 2. The van der Waals surface area contributed by atoms with E-state index >= 15 is 0 Å². The molecule has 3 rings (SSSR count). The first-order valence-electron chi connectivity index (χ1n) is 9.11. The van der Waals surface area contributed by atoms with Gasteiger partial charge < -0.3 is 20.2 Å². The lowest BCUT2D eigenvalue weighted by atomic mass is 10.1. The number of rotatable bonds is 2. The second-order valence-corrected chi connectivity index (χ2v) is 6.76. The standard InChI is InChI=1S/C16H18F3N3O2.C2HF3O2/c17-16(18,19)13-10-20-6-8-22(13)15(24)11-3-1-4-12(9-11)21-7-2-5-14(21)23;3-2(4,5)1(6)7/h1,3-4,9,13,20H,2,5-8,10H2;(H,6,7). The minimum Gasteiger partial charge on any atom is -0.475 e. The summed E-state index contributed by atoms with van der Waals surface area (Å²) < 4.78 is 71.2. The fourth-order valence-electron chi connectivity index (χ4n) is 3.13. The van der Waals surface area contributed by atoms with E-state index in [4.69, 9.17) is 9.90 Å². The number of nitrogens with one attached hydrogen (secondary N) is 1. The van der Waals surface area contributed by atoms with Crippen molar-refractivity contribution in [3.8, 4) is 0 Å². The molecule has 0 spiro atoms. The number of hydrogen-bond acceptors (Lipinski definition) is 4. The highest BCUT2D eigenvalue weighted by atomic mass is 19.4. The predicted octanol–water partition coefficient (Wildman–Crippen LogP) is 2.42. The molecule has 1 aromatic carbocycles. The zero-order valence-electron chi connectivity index (χ0n) is 16.0. The van der Waals surface area contributed by atoms with E-state index in [-0.39, 0.29) is 24.6 Å². The van der Waals surface area contributed by atoms with Crippen LogP contribution < -0.4 is 10.2 Å². The molecule has 13 heteroatoms. The molecule has 2 heterocycles. The van der Waals surface area contributed by atoms with Crippen LogP contribution in [0.1, 0.15) is 23.2 Å². The van der Waals surface area contributed by atoms with Crippen LogP contribution in [0.4, 0.5) is 32.0 Å². The lowest BCUT2D eigenvalue weighted by molar-refractivity contribution is -0.192. The van der Waals surface area contributed by atoms with Gasteiger partial charge in [-0.3, -0.25) is 9.59 Å². The van der Waals surface area contributed by atoms with Crippen LogP contribution in [0, 0.1) is 0 Å². The molecule has 7 nitrogen and oxygen atoms in total. The number of carbonyl (C=O) groups excluding carboxylic acids is 2. The van der Waals surface area contributed by atoms with Gasteiger partial charge in [-0.05, 0) is 24.6 Å². The summed E-state index contributed by atoms with van der Waals surface area (Å²) in [6, 6.07) is 4.44. The normalized spacial score (nSPS) is 19.7. The summed E-state index contributed by atoms with van der Waals surface area (Å²) in [5, 5.41) is 9.80. The number of carboxylic acids is 1. The summed E-state index contributed by atoms with van der Waals surface area (Å²) in [5.74, 6) is -3.45. The van der Waals surface area contributed by atoms with Gasteiger partial charge in [0, 0.05) is 43.9 Å². The lowest BCUT2D eigenvalue weighted by Crippen LogP contribution is -2.59. The molecule has 0 aliphatic carbocycles. The molecular weight excluding hydrogens is 436 g/mol. The molecule has 2 fully saturated rings. The van der Waals surface area contributed by atoms with Gasteiger partial charge in [-0.15, -0.1) is 0 Å². The van der Waals surface area contributed by atoms with Crippen molar-refractivity contribution in [2.45, 2.75) is 31.2 Å². The van der Waals surface area contributed by atoms with E-state index in [1.54, 1.807) is 17.0 Å². The van der Waals surface area contributed by atoms with E-state index in [0.717, 1.165) is 11.3 Å². The van der Waals surface area contributed by atoms with E-state index in [0.29, 0.717) is 25.2 Å². The maximum absolute atomic E-state index is 13.2. The van der Waals surface area contributed by atoms with Gasteiger partial charge in [0.2, 0.25) is 5.91 Å². The van der Waals surface area contributed by atoms with Crippen molar-refractivity contribution in [3.05, 3.63) is 29.8 Å². The summed E-state index contributed by atoms with van der Waals surface area (Å²) in [7, 11) is 0. The van der Waals surface area contributed by atoms with Crippen LogP contribution in [0.25, 0.3) is 0 Å². The SMILES string of the molecule is O=C(O)C(F)(F)F.O=C1CCCN1c1cccc(C(=O)N2CCNCC2C(F)(F)F)c1. The molecule has 2 N–H and O–H groups in total. The first-order chi connectivity index (χ1) is 14.3. The number of hydrogen-bond donors (Lipinski definition) is 2. The summed E-state index contributed by atoms with van der Waals surface area (Å²) >= 11 is 0. The van der Waals surface area contributed by atoms with Crippen molar-refractivity contribution in [3.63, 3.8) is 0 Å². The number of carboxylic acid groups (broad SMARTS) is 1.